The Hall–Kier alpha value is -0.820. The maximum Gasteiger partial charge on any atom is 0.000497 e. The molecular weight excluding hydrogens is 206 g/mol. The second-order valence-corrected chi connectivity index (χ2v) is 5.91. The van der Waals surface area contributed by atoms with Gasteiger partial charge in [-0.25, -0.2) is 0 Å². The summed E-state index contributed by atoms with van der Waals surface area (Å²) in [7, 11) is 0. The average molecular weight is 233 g/mol. The molecule has 1 aromatic rings. The summed E-state index contributed by atoms with van der Waals surface area (Å²) in [6, 6.07) is 10.7. The third kappa shape index (κ3) is 5.36. The first kappa shape index (κ1) is 14.2. The molecule has 0 aliphatic heterocycles. The second-order valence-electron chi connectivity index (χ2n) is 5.91. The minimum Gasteiger partial charge on any atom is -0.316 e. The average Bonchev–Trinajstić information content (AvgIpc) is 2.29. The van der Waals surface area contributed by atoms with Crippen LogP contribution in [0.15, 0.2) is 30.3 Å². The van der Waals surface area contributed by atoms with Gasteiger partial charge in [-0.05, 0) is 36.3 Å². The molecular formula is C16H27N. The Bertz CT molecular complexity index is 301. The topological polar surface area (TPSA) is 12.0 Å². The molecule has 0 unspecified atom stereocenters. The monoisotopic (exact) mass is 233 g/mol. The van der Waals surface area contributed by atoms with E-state index in [0.717, 1.165) is 19.0 Å². The summed E-state index contributed by atoms with van der Waals surface area (Å²) in [5.41, 5.74) is 1.84. The van der Waals surface area contributed by atoms with Gasteiger partial charge in [-0.3, -0.25) is 0 Å². The Labute approximate surface area is 107 Å². The van der Waals surface area contributed by atoms with Gasteiger partial charge < -0.3 is 5.32 Å². The highest BCUT2D eigenvalue weighted by Crippen LogP contribution is 2.24. The van der Waals surface area contributed by atoms with Gasteiger partial charge in [0.05, 0.1) is 0 Å². The van der Waals surface area contributed by atoms with Crippen molar-refractivity contribution in [3.8, 4) is 0 Å². The van der Waals surface area contributed by atoms with Crippen molar-refractivity contribution >= 4 is 0 Å². The molecule has 0 radical (unpaired) electrons. The fraction of sp³-hybridized carbons (Fsp3) is 0.625. The molecule has 0 bridgehead atoms. The molecule has 0 spiro atoms. The predicted molar refractivity (Wildman–Crippen MR) is 76.3 cm³/mol. The van der Waals surface area contributed by atoms with Crippen LogP contribution in [0.1, 0.15) is 39.7 Å². The summed E-state index contributed by atoms with van der Waals surface area (Å²) in [5.74, 6) is 0.726. The van der Waals surface area contributed by atoms with Crippen LogP contribution in [0.2, 0.25) is 0 Å². The Kier molecular flexibility index (Phi) is 5.70. The predicted octanol–water partition coefficient (Wildman–Crippen LogP) is 3.89. The second kappa shape index (κ2) is 6.80. The van der Waals surface area contributed by atoms with E-state index >= 15 is 0 Å². The minimum absolute atomic E-state index is 0.396. The summed E-state index contributed by atoms with van der Waals surface area (Å²) >= 11 is 0. The molecule has 0 saturated carbocycles. The zero-order valence-corrected chi connectivity index (χ0v) is 11.8. The van der Waals surface area contributed by atoms with Crippen LogP contribution in [-0.2, 0) is 6.42 Å². The van der Waals surface area contributed by atoms with Crippen LogP contribution in [0.5, 0.6) is 0 Å². The van der Waals surface area contributed by atoms with Gasteiger partial charge in [0.25, 0.3) is 0 Å². The normalized spacial score (nSPS) is 12.1. The first-order valence-electron chi connectivity index (χ1n) is 6.77. The Morgan fingerprint density at radius 2 is 1.76 bits per heavy atom. The standard InChI is InChI=1S/C16H27N/c1-14(2)16(3,4)13-17-12-8-11-15-9-6-5-7-10-15/h5-7,9-10,14,17H,8,11-13H2,1-4H3. The van der Waals surface area contributed by atoms with Crippen LogP contribution in [0.4, 0.5) is 0 Å². The van der Waals surface area contributed by atoms with Crippen molar-refractivity contribution in [3.63, 3.8) is 0 Å². The van der Waals surface area contributed by atoms with E-state index in [2.05, 4.69) is 63.3 Å². The van der Waals surface area contributed by atoms with Gasteiger partial charge in [0.15, 0.2) is 0 Å². The lowest BCUT2D eigenvalue weighted by Gasteiger charge is -2.29. The Morgan fingerprint density at radius 3 is 2.35 bits per heavy atom. The molecule has 1 heteroatoms. The summed E-state index contributed by atoms with van der Waals surface area (Å²) < 4.78 is 0. The van der Waals surface area contributed by atoms with Gasteiger partial charge in [-0.1, -0.05) is 58.0 Å². The van der Waals surface area contributed by atoms with Crippen LogP contribution in [0.25, 0.3) is 0 Å². The zero-order valence-electron chi connectivity index (χ0n) is 11.8. The largest absolute Gasteiger partial charge is 0.316 e. The lowest BCUT2D eigenvalue weighted by Crippen LogP contribution is -2.34. The van der Waals surface area contributed by atoms with Crippen LogP contribution in [0.3, 0.4) is 0 Å². The molecule has 0 fully saturated rings. The molecule has 0 atom stereocenters. The van der Waals surface area contributed by atoms with Gasteiger partial charge in [0, 0.05) is 6.54 Å². The molecule has 0 saturated heterocycles. The van der Waals surface area contributed by atoms with E-state index < -0.39 is 0 Å². The Morgan fingerprint density at radius 1 is 1.12 bits per heavy atom. The van der Waals surface area contributed by atoms with Crippen LogP contribution in [0, 0.1) is 11.3 Å². The molecule has 1 rings (SSSR count). The van der Waals surface area contributed by atoms with E-state index in [1.807, 2.05) is 0 Å². The fourth-order valence-electron chi connectivity index (χ4n) is 1.68. The molecule has 1 N–H and O–H groups in total. The van der Waals surface area contributed by atoms with Crippen molar-refractivity contribution in [2.24, 2.45) is 11.3 Å². The van der Waals surface area contributed by atoms with Crippen molar-refractivity contribution in [1.82, 2.24) is 5.32 Å². The molecule has 0 aliphatic rings. The third-order valence-corrected chi connectivity index (χ3v) is 3.81. The summed E-state index contributed by atoms with van der Waals surface area (Å²) in [4.78, 5) is 0. The van der Waals surface area contributed by atoms with Gasteiger partial charge >= 0.3 is 0 Å². The fourth-order valence-corrected chi connectivity index (χ4v) is 1.68. The molecule has 17 heavy (non-hydrogen) atoms. The van der Waals surface area contributed by atoms with Crippen LogP contribution < -0.4 is 5.32 Å². The zero-order chi connectivity index (χ0) is 12.7. The van der Waals surface area contributed by atoms with Gasteiger partial charge in [-0.15, -0.1) is 0 Å². The molecule has 0 heterocycles. The summed E-state index contributed by atoms with van der Waals surface area (Å²) in [6.45, 7) is 11.5. The number of nitrogens with one attached hydrogen (secondary N) is 1. The van der Waals surface area contributed by atoms with Gasteiger partial charge in [-0.2, -0.15) is 0 Å². The van der Waals surface area contributed by atoms with E-state index in [4.69, 9.17) is 0 Å². The maximum atomic E-state index is 3.58. The summed E-state index contributed by atoms with van der Waals surface area (Å²) in [5, 5.41) is 3.58. The molecule has 1 nitrogen and oxygen atoms in total. The highest BCUT2D eigenvalue weighted by atomic mass is 14.9. The van der Waals surface area contributed by atoms with Crippen molar-refractivity contribution in [1.29, 1.82) is 0 Å². The Balaban J connectivity index is 2.13. The van der Waals surface area contributed by atoms with Crippen molar-refractivity contribution in [2.75, 3.05) is 13.1 Å². The number of benzene rings is 1. The van der Waals surface area contributed by atoms with E-state index in [1.54, 1.807) is 0 Å². The first-order valence-corrected chi connectivity index (χ1v) is 6.77. The van der Waals surface area contributed by atoms with Crippen molar-refractivity contribution in [3.05, 3.63) is 35.9 Å². The number of aryl methyl sites for hydroxylation is 1. The number of hydrogen-bond donors (Lipinski definition) is 1. The van der Waals surface area contributed by atoms with E-state index in [0.29, 0.717) is 5.41 Å². The van der Waals surface area contributed by atoms with E-state index in [9.17, 15) is 0 Å². The number of rotatable bonds is 7. The lowest BCUT2D eigenvalue weighted by molar-refractivity contribution is 0.238. The van der Waals surface area contributed by atoms with Crippen molar-refractivity contribution in [2.45, 2.75) is 40.5 Å². The highest BCUT2D eigenvalue weighted by Gasteiger charge is 2.21. The van der Waals surface area contributed by atoms with Gasteiger partial charge in [0.1, 0.15) is 0 Å². The smallest absolute Gasteiger partial charge is 0.000497 e. The van der Waals surface area contributed by atoms with Gasteiger partial charge in [0.2, 0.25) is 0 Å². The molecule has 0 aliphatic carbocycles. The molecule has 1 aromatic carbocycles. The number of hydrogen-bond acceptors (Lipinski definition) is 1. The summed E-state index contributed by atoms with van der Waals surface area (Å²) in [6.07, 6.45) is 2.40. The third-order valence-electron chi connectivity index (χ3n) is 3.81. The molecule has 0 aromatic heterocycles. The maximum absolute atomic E-state index is 3.58. The molecule has 96 valence electrons. The van der Waals surface area contributed by atoms with E-state index in [-0.39, 0.29) is 0 Å². The SMILES string of the molecule is CC(C)C(C)(C)CNCCCc1ccccc1. The van der Waals surface area contributed by atoms with Crippen molar-refractivity contribution < 1.29 is 0 Å². The molecule has 0 amide bonds. The first-order chi connectivity index (χ1) is 8.02. The highest BCUT2D eigenvalue weighted by molar-refractivity contribution is 5.14. The van der Waals surface area contributed by atoms with Crippen LogP contribution >= 0.6 is 0 Å². The van der Waals surface area contributed by atoms with Crippen LogP contribution in [-0.4, -0.2) is 13.1 Å². The van der Waals surface area contributed by atoms with E-state index in [1.165, 1.54) is 18.4 Å². The lowest BCUT2D eigenvalue weighted by atomic mass is 9.81. The minimum atomic E-state index is 0.396. The quantitative estimate of drug-likeness (QED) is 0.705.